The Kier molecular flexibility index (Phi) is 5.91. The van der Waals surface area contributed by atoms with E-state index in [9.17, 15) is 13.2 Å². The van der Waals surface area contributed by atoms with Gasteiger partial charge in [-0.25, -0.2) is 8.42 Å². The van der Waals surface area contributed by atoms with Crippen LogP contribution in [0.15, 0.2) is 47.4 Å². The molecule has 0 unspecified atom stereocenters. The Balaban J connectivity index is 2.32. The highest BCUT2D eigenvalue weighted by atomic mass is 35.5. The van der Waals surface area contributed by atoms with Crippen molar-refractivity contribution in [1.82, 2.24) is 4.90 Å². The minimum absolute atomic E-state index is 0.0474. The van der Waals surface area contributed by atoms with Crippen molar-refractivity contribution in [3.05, 3.63) is 63.6 Å². The van der Waals surface area contributed by atoms with Crippen LogP contribution in [-0.4, -0.2) is 32.0 Å². The Morgan fingerprint density at radius 3 is 2.42 bits per heavy atom. The van der Waals surface area contributed by atoms with Gasteiger partial charge in [0.05, 0.1) is 9.92 Å². The van der Waals surface area contributed by atoms with Crippen molar-refractivity contribution in [2.24, 2.45) is 0 Å². The minimum Gasteiger partial charge on any atom is -0.335 e. The molecule has 0 bridgehead atoms. The van der Waals surface area contributed by atoms with Gasteiger partial charge in [0.1, 0.15) is 0 Å². The number of carbonyl (C=O) groups excluding carboxylic acids is 1. The van der Waals surface area contributed by atoms with E-state index in [0.29, 0.717) is 18.1 Å². The largest absolute Gasteiger partial charge is 0.335 e. The standard InChI is InChI=1S/C17H17Cl2NO3S/c1-3-20(11-12-5-4-6-14(18)9-12)17(21)13-7-8-15(19)16(10-13)24(2,22)23/h4-10H,3,11H2,1-2H3. The van der Waals surface area contributed by atoms with Crippen LogP contribution in [0.3, 0.4) is 0 Å². The molecule has 1 amide bonds. The molecule has 0 spiro atoms. The molecule has 0 heterocycles. The molecule has 7 heteroatoms. The third kappa shape index (κ3) is 4.50. The van der Waals surface area contributed by atoms with E-state index in [1.807, 2.05) is 19.1 Å². The Labute approximate surface area is 151 Å². The fourth-order valence-corrected chi connectivity index (χ4v) is 3.80. The van der Waals surface area contributed by atoms with Gasteiger partial charge in [0.15, 0.2) is 9.84 Å². The van der Waals surface area contributed by atoms with Crippen molar-refractivity contribution in [3.63, 3.8) is 0 Å². The lowest BCUT2D eigenvalue weighted by Crippen LogP contribution is -2.30. The van der Waals surface area contributed by atoms with Crippen molar-refractivity contribution in [1.29, 1.82) is 0 Å². The molecule has 2 aromatic rings. The highest BCUT2D eigenvalue weighted by molar-refractivity contribution is 7.90. The molecule has 0 saturated heterocycles. The van der Waals surface area contributed by atoms with Gasteiger partial charge in [-0.15, -0.1) is 0 Å². The summed E-state index contributed by atoms with van der Waals surface area (Å²) in [5, 5.41) is 0.703. The van der Waals surface area contributed by atoms with Gasteiger partial charge in [-0.2, -0.15) is 0 Å². The highest BCUT2D eigenvalue weighted by Gasteiger charge is 2.19. The minimum atomic E-state index is -3.51. The van der Waals surface area contributed by atoms with Crippen LogP contribution in [0.25, 0.3) is 0 Å². The SMILES string of the molecule is CCN(Cc1cccc(Cl)c1)C(=O)c1ccc(Cl)c(S(C)(=O)=O)c1. The molecule has 0 aromatic heterocycles. The number of rotatable bonds is 5. The maximum Gasteiger partial charge on any atom is 0.254 e. The summed E-state index contributed by atoms with van der Waals surface area (Å²) in [7, 11) is -3.51. The summed E-state index contributed by atoms with van der Waals surface area (Å²) in [4.78, 5) is 14.3. The first-order chi connectivity index (χ1) is 11.2. The van der Waals surface area contributed by atoms with Crippen molar-refractivity contribution < 1.29 is 13.2 Å². The van der Waals surface area contributed by atoms with Crippen molar-refractivity contribution in [3.8, 4) is 0 Å². The second kappa shape index (κ2) is 7.55. The van der Waals surface area contributed by atoms with Crippen LogP contribution in [0.2, 0.25) is 10.0 Å². The average molecular weight is 386 g/mol. The number of sulfone groups is 1. The fraction of sp³-hybridized carbons (Fsp3) is 0.235. The first-order valence-corrected chi connectivity index (χ1v) is 9.90. The van der Waals surface area contributed by atoms with Gasteiger partial charge in [0.2, 0.25) is 0 Å². The Morgan fingerprint density at radius 2 is 1.83 bits per heavy atom. The van der Waals surface area contributed by atoms with Gasteiger partial charge in [-0.1, -0.05) is 35.3 Å². The topological polar surface area (TPSA) is 54.5 Å². The summed E-state index contributed by atoms with van der Waals surface area (Å²) in [6.45, 7) is 2.71. The normalized spacial score (nSPS) is 11.3. The number of nitrogens with zero attached hydrogens (tertiary/aromatic N) is 1. The predicted molar refractivity (Wildman–Crippen MR) is 96.4 cm³/mol. The van der Waals surface area contributed by atoms with Gasteiger partial charge in [0.25, 0.3) is 5.91 Å². The lowest BCUT2D eigenvalue weighted by atomic mass is 10.1. The van der Waals surface area contributed by atoms with Crippen LogP contribution in [0, 0.1) is 0 Å². The summed E-state index contributed by atoms with van der Waals surface area (Å²) in [5.41, 5.74) is 1.18. The van der Waals surface area contributed by atoms with E-state index in [1.54, 1.807) is 17.0 Å². The van der Waals surface area contributed by atoms with Crippen LogP contribution >= 0.6 is 23.2 Å². The number of hydrogen-bond donors (Lipinski definition) is 0. The monoisotopic (exact) mass is 385 g/mol. The van der Waals surface area contributed by atoms with Gasteiger partial charge in [-0.3, -0.25) is 4.79 Å². The molecular weight excluding hydrogens is 369 g/mol. The molecular formula is C17H17Cl2NO3S. The van der Waals surface area contributed by atoms with Crippen molar-refractivity contribution >= 4 is 38.9 Å². The second-order valence-electron chi connectivity index (χ2n) is 5.37. The summed E-state index contributed by atoms with van der Waals surface area (Å²) in [6, 6.07) is 11.5. The molecule has 128 valence electrons. The summed E-state index contributed by atoms with van der Waals surface area (Å²) < 4.78 is 23.5. The zero-order valence-electron chi connectivity index (χ0n) is 13.3. The van der Waals surface area contributed by atoms with Crippen molar-refractivity contribution in [2.75, 3.05) is 12.8 Å². The van der Waals surface area contributed by atoms with Crippen LogP contribution < -0.4 is 0 Å². The van der Waals surface area contributed by atoms with E-state index in [4.69, 9.17) is 23.2 Å². The Hall–Kier alpha value is -1.56. The van der Waals surface area contributed by atoms with E-state index in [1.165, 1.54) is 18.2 Å². The zero-order chi connectivity index (χ0) is 17.9. The Bertz CT molecular complexity index is 866. The summed E-state index contributed by atoms with van der Waals surface area (Å²) in [6.07, 6.45) is 1.06. The van der Waals surface area contributed by atoms with Crippen molar-refractivity contribution in [2.45, 2.75) is 18.4 Å². The molecule has 2 rings (SSSR count). The number of benzene rings is 2. The van der Waals surface area contributed by atoms with E-state index >= 15 is 0 Å². The number of hydrogen-bond acceptors (Lipinski definition) is 3. The molecule has 0 aliphatic heterocycles. The highest BCUT2D eigenvalue weighted by Crippen LogP contribution is 2.24. The third-order valence-corrected chi connectivity index (χ3v) is 5.32. The number of amides is 1. The molecule has 0 aliphatic carbocycles. The first-order valence-electron chi connectivity index (χ1n) is 7.25. The molecule has 2 aromatic carbocycles. The van der Waals surface area contributed by atoms with Gasteiger partial charge in [0, 0.05) is 29.9 Å². The lowest BCUT2D eigenvalue weighted by Gasteiger charge is -2.21. The Morgan fingerprint density at radius 1 is 1.12 bits per heavy atom. The second-order valence-corrected chi connectivity index (χ2v) is 8.19. The zero-order valence-corrected chi connectivity index (χ0v) is 15.6. The van der Waals surface area contributed by atoms with E-state index in [2.05, 4.69) is 0 Å². The molecule has 0 saturated carbocycles. The molecule has 0 fully saturated rings. The van der Waals surface area contributed by atoms with Gasteiger partial charge >= 0.3 is 0 Å². The van der Waals surface area contributed by atoms with Crippen LogP contribution in [0.4, 0.5) is 0 Å². The summed E-state index contributed by atoms with van der Waals surface area (Å²) in [5.74, 6) is -0.265. The van der Waals surface area contributed by atoms with Gasteiger partial charge < -0.3 is 4.90 Å². The third-order valence-electron chi connectivity index (χ3n) is 3.51. The lowest BCUT2D eigenvalue weighted by molar-refractivity contribution is 0.0752. The maximum atomic E-state index is 12.7. The molecule has 0 aliphatic rings. The fourth-order valence-electron chi connectivity index (χ4n) is 2.29. The smallest absolute Gasteiger partial charge is 0.254 e. The van der Waals surface area contributed by atoms with E-state index in [0.717, 1.165) is 11.8 Å². The average Bonchev–Trinajstić information content (AvgIpc) is 2.51. The van der Waals surface area contributed by atoms with Gasteiger partial charge in [-0.05, 0) is 42.8 Å². The maximum absolute atomic E-state index is 12.7. The first kappa shape index (κ1) is 18.8. The molecule has 4 nitrogen and oxygen atoms in total. The van der Waals surface area contributed by atoms with Crippen LogP contribution in [-0.2, 0) is 16.4 Å². The predicted octanol–water partition coefficient (Wildman–Crippen LogP) is 4.06. The number of carbonyl (C=O) groups is 1. The van der Waals surface area contributed by atoms with E-state index < -0.39 is 9.84 Å². The van der Waals surface area contributed by atoms with Crippen LogP contribution in [0.1, 0.15) is 22.8 Å². The number of halogens is 2. The molecule has 24 heavy (non-hydrogen) atoms. The van der Waals surface area contributed by atoms with Crippen LogP contribution in [0.5, 0.6) is 0 Å². The summed E-state index contributed by atoms with van der Waals surface area (Å²) >= 11 is 11.9. The molecule has 0 N–H and O–H groups in total. The molecule has 0 radical (unpaired) electrons. The van der Waals surface area contributed by atoms with E-state index in [-0.39, 0.29) is 21.4 Å². The molecule has 0 atom stereocenters. The quantitative estimate of drug-likeness (QED) is 0.779.